The quantitative estimate of drug-likeness (QED) is 0.516. The molecule has 0 spiro atoms. The Balaban J connectivity index is 1.39. The number of hydrogen-bond acceptors (Lipinski definition) is 6. The maximum Gasteiger partial charge on any atom is 0.259 e. The third-order valence-corrected chi connectivity index (χ3v) is 8.96. The zero-order valence-corrected chi connectivity index (χ0v) is 17.7. The van der Waals surface area contributed by atoms with E-state index >= 15 is 0 Å². The van der Waals surface area contributed by atoms with Crippen LogP contribution in [0, 0.1) is 0 Å². The summed E-state index contributed by atoms with van der Waals surface area (Å²) in [6.45, 7) is 1.66. The fourth-order valence-electron chi connectivity index (χ4n) is 4.63. The van der Waals surface area contributed by atoms with E-state index in [1.165, 1.54) is 25.8 Å². The second-order valence-corrected chi connectivity index (χ2v) is 10.6. The van der Waals surface area contributed by atoms with Crippen LogP contribution in [0.4, 0.5) is 0 Å². The van der Waals surface area contributed by atoms with Crippen molar-refractivity contribution in [2.45, 2.75) is 38.3 Å². The molecule has 0 saturated heterocycles. The van der Waals surface area contributed by atoms with Gasteiger partial charge in [0, 0.05) is 21.2 Å². The molecule has 2 aliphatic rings. The van der Waals surface area contributed by atoms with Crippen molar-refractivity contribution in [3.8, 4) is 0 Å². The molecule has 0 aromatic carbocycles. The van der Waals surface area contributed by atoms with Gasteiger partial charge in [-0.15, -0.1) is 34.0 Å². The van der Waals surface area contributed by atoms with Gasteiger partial charge in [-0.1, -0.05) is 6.07 Å². The third-order valence-electron chi connectivity index (χ3n) is 5.86. The second-order valence-electron chi connectivity index (χ2n) is 7.49. The standard InChI is InChI=1S/C21H19N3OS3/c25-20-18-12-3-1-4-15(12)28-21(18)23-17(22-20)11-24-8-6-14-13(7-10-27-14)19(24)16-5-2-9-26-16/h2,5,7,9-10,19H,1,3-4,6,8,11H2,(H,22,23,25). The van der Waals surface area contributed by atoms with Crippen LogP contribution in [0.3, 0.4) is 0 Å². The minimum absolute atomic E-state index is 0.0419. The zero-order valence-electron chi connectivity index (χ0n) is 15.2. The number of aromatic nitrogens is 2. The molecule has 1 aliphatic heterocycles. The molecular formula is C21H19N3OS3. The molecule has 5 heterocycles. The van der Waals surface area contributed by atoms with Crippen LogP contribution in [-0.4, -0.2) is 21.4 Å². The van der Waals surface area contributed by atoms with Crippen LogP contribution in [0.1, 0.15) is 44.0 Å². The van der Waals surface area contributed by atoms with Crippen LogP contribution in [0.2, 0.25) is 0 Å². The Morgan fingerprint density at radius 2 is 2.11 bits per heavy atom. The Morgan fingerprint density at radius 3 is 3.00 bits per heavy atom. The molecule has 1 aliphatic carbocycles. The van der Waals surface area contributed by atoms with Crippen molar-refractivity contribution in [1.82, 2.24) is 14.9 Å². The summed E-state index contributed by atoms with van der Waals surface area (Å²) in [6.07, 6.45) is 4.35. The van der Waals surface area contributed by atoms with E-state index in [4.69, 9.17) is 4.98 Å². The molecule has 1 N–H and O–H groups in total. The van der Waals surface area contributed by atoms with Gasteiger partial charge in [0.1, 0.15) is 10.7 Å². The molecule has 142 valence electrons. The smallest absolute Gasteiger partial charge is 0.259 e. The minimum atomic E-state index is 0.0419. The van der Waals surface area contributed by atoms with Crippen molar-refractivity contribution in [2.75, 3.05) is 6.54 Å². The van der Waals surface area contributed by atoms with Crippen molar-refractivity contribution in [2.24, 2.45) is 0 Å². The summed E-state index contributed by atoms with van der Waals surface area (Å²) < 4.78 is 0. The van der Waals surface area contributed by atoms with Crippen LogP contribution in [0.25, 0.3) is 10.2 Å². The Labute approximate surface area is 174 Å². The van der Waals surface area contributed by atoms with Crippen LogP contribution in [-0.2, 0) is 25.8 Å². The molecular weight excluding hydrogens is 406 g/mol. The number of aromatic amines is 1. The van der Waals surface area contributed by atoms with Gasteiger partial charge in [-0.3, -0.25) is 9.69 Å². The maximum atomic E-state index is 12.8. The van der Waals surface area contributed by atoms with E-state index in [1.54, 1.807) is 22.7 Å². The monoisotopic (exact) mass is 425 g/mol. The average Bonchev–Trinajstić information content (AvgIpc) is 3.45. The molecule has 0 radical (unpaired) electrons. The van der Waals surface area contributed by atoms with E-state index < -0.39 is 0 Å². The highest BCUT2D eigenvalue weighted by Crippen LogP contribution is 2.40. The summed E-state index contributed by atoms with van der Waals surface area (Å²) in [7, 11) is 0. The average molecular weight is 426 g/mol. The van der Waals surface area contributed by atoms with Gasteiger partial charge in [-0.25, -0.2) is 4.98 Å². The minimum Gasteiger partial charge on any atom is -0.309 e. The molecule has 7 heteroatoms. The Kier molecular flexibility index (Phi) is 4.04. The van der Waals surface area contributed by atoms with Crippen molar-refractivity contribution >= 4 is 44.2 Å². The predicted octanol–water partition coefficient (Wildman–Crippen LogP) is 4.74. The third kappa shape index (κ3) is 2.64. The summed E-state index contributed by atoms with van der Waals surface area (Å²) >= 11 is 5.38. The number of H-pyrrole nitrogens is 1. The fraction of sp³-hybridized carbons (Fsp3) is 0.333. The van der Waals surface area contributed by atoms with Crippen LogP contribution >= 0.6 is 34.0 Å². The molecule has 28 heavy (non-hydrogen) atoms. The summed E-state index contributed by atoms with van der Waals surface area (Å²) in [5, 5.41) is 5.19. The van der Waals surface area contributed by atoms with E-state index in [0.29, 0.717) is 6.54 Å². The second kappa shape index (κ2) is 6.62. The van der Waals surface area contributed by atoms with Gasteiger partial charge < -0.3 is 4.98 Å². The number of nitrogens with zero attached hydrogens (tertiary/aromatic N) is 2. The Morgan fingerprint density at radius 1 is 1.14 bits per heavy atom. The van der Waals surface area contributed by atoms with Gasteiger partial charge >= 0.3 is 0 Å². The molecule has 1 unspecified atom stereocenters. The van der Waals surface area contributed by atoms with E-state index in [0.717, 1.165) is 48.3 Å². The van der Waals surface area contributed by atoms with Crippen molar-refractivity contribution in [3.05, 3.63) is 70.9 Å². The Hall–Kier alpha value is -1.80. The van der Waals surface area contributed by atoms with Crippen molar-refractivity contribution in [3.63, 3.8) is 0 Å². The SMILES string of the molecule is O=c1[nH]c(CN2CCc3sccc3C2c2cccs2)nc2sc3c(c12)CCC3. The highest BCUT2D eigenvalue weighted by atomic mass is 32.1. The summed E-state index contributed by atoms with van der Waals surface area (Å²) in [5.74, 6) is 0.789. The first-order valence-electron chi connectivity index (χ1n) is 9.65. The zero-order chi connectivity index (χ0) is 18.7. The normalized spacial score (nSPS) is 19.2. The topological polar surface area (TPSA) is 49.0 Å². The van der Waals surface area contributed by atoms with Crippen LogP contribution in [0.15, 0.2) is 33.8 Å². The van der Waals surface area contributed by atoms with Crippen LogP contribution in [0.5, 0.6) is 0 Å². The molecule has 4 nitrogen and oxygen atoms in total. The predicted molar refractivity (Wildman–Crippen MR) is 117 cm³/mol. The lowest BCUT2D eigenvalue weighted by molar-refractivity contribution is 0.204. The fourth-order valence-corrected chi connectivity index (χ4v) is 7.69. The first-order valence-corrected chi connectivity index (χ1v) is 12.2. The largest absolute Gasteiger partial charge is 0.309 e. The number of fused-ring (bicyclic) bond motifs is 4. The lowest BCUT2D eigenvalue weighted by atomic mass is 9.98. The molecule has 1 atom stereocenters. The highest BCUT2D eigenvalue weighted by molar-refractivity contribution is 7.18. The van der Waals surface area contributed by atoms with Gasteiger partial charge in [0.25, 0.3) is 5.56 Å². The number of hydrogen-bond donors (Lipinski definition) is 1. The van der Waals surface area contributed by atoms with E-state index in [9.17, 15) is 4.79 Å². The molecule has 0 fully saturated rings. The van der Waals surface area contributed by atoms with Gasteiger partial charge in [0.05, 0.1) is 18.0 Å². The lowest BCUT2D eigenvalue weighted by Gasteiger charge is -2.35. The Bertz CT molecular complexity index is 1220. The first-order chi connectivity index (χ1) is 13.8. The molecule has 0 amide bonds. The highest BCUT2D eigenvalue weighted by Gasteiger charge is 2.31. The maximum absolute atomic E-state index is 12.8. The van der Waals surface area contributed by atoms with Crippen molar-refractivity contribution < 1.29 is 0 Å². The van der Waals surface area contributed by atoms with E-state index in [-0.39, 0.29) is 11.6 Å². The van der Waals surface area contributed by atoms with E-state index in [2.05, 4.69) is 38.8 Å². The summed E-state index contributed by atoms with van der Waals surface area (Å²) in [6, 6.07) is 6.86. The van der Waals surface area contributed by atoms with Gasteiger partial charge in [0.15, 0.2) is 0 Å². The lowest BCUT2D eigenvalue weighted by Crippen LogP contribution is -2.35. The molecule has 4 aromatic heterocycles. The van der Waals surface area contributed by atoms with Crippen molar-refractivity contribution in [1.29, 1.82) is 0 Å². The molecule has 0 saturated carbocycles. The van der Waals surface area contributed by atoms with Gasteiger partial charge in [-0.05, 0) is 59.7 Å². The molecule has 4 aromatic rings. The molecule has 0 bridgehead atoms. The number of rotatable bonds is 3. The number of aryl methyl sites for hydroxylation is 2. The van der Waals surface area contributed by atoms with E-state index in [1.807, 2.05) is 11.3 Å². The summed E-state index contributed by atoms with van der Waals surface area (Å²) in [4.78, 5) is 28.4. The number of nitrogens with one attached hydrogen (secondary N) is 1. The molecule has 6 rings (SSSR count). The van der Waals surface area contributed by atoms with Gasteiger partial charge in [0.2, 0.25) is 0 Å². The van der Waals surface area contributed by atoms with Crippen LogP contribution < -0.4 is 5.56 Å². The van der Waals surface area contributed by atoms with Gasteiger partial charge in [-0.2, -0.15) is 0 Å². The summed E-state index contributed by atoms with van der Waals surface area (Å²) in [5.41, 5.74) is 2.70. The first kappa shape index (κ1) is 17.1. The number of thiophene rings is 3.